The third kappa shape index (κ3) is 1.07. The number of rotatable bonds is 0. The van der Waals surface area contributed by atoms with Crippen molar-refractivity contribution in [3.8, 4) is 0 Å². The van der Waals surface area contributed by atoms with Crippen LogP contribution in [0.1, 0.15) is 23.5 Å². The second-order valence-corrected chi connectivity index (χ2v) is 4.32. The molecule has 1 saturated heterocycles. The quantitative estimate of drug-likeness (QED) is 0.612. The normalized spacial score (nSPS) is 28.5. The number of fused-ring (bicyclic) bond motifs is 3. The van der Waals surface area contributed by atoms with E-state index < -0.39 is 0 Å². The van der Waals surface area contributed by atoms with Gasteiger partial charge >= 0.3 is 5.97 Å². The van der Waals surface area contributed by atoms with Crippen LogP contribution in [0.5, 0.6) is 0 Å². The lowest BCUT2D eigenvalue weighted by atomic mass is 9.98. The lowest BCUT2D eigenvalue weighted by Crippen LogP contribution is -2.09. The first-order chi connectivity index (χ1) is 6.74. The van der Waals surface area contributed by atoms with Gasteiger partial charge in [0.25, 0.3) is 0 Å². The van der Waals surface area contributed by atoms with Crippen molar-refractivity contribution >= 4 is 17.6 Å². The number of hydrogen-bond donors (Lipinski definition) is 0. The van der Waals surface area contributed by atoms with E-state index in [0.29, 0.717) is 6.42 Å². The minimum atomic E-state index is -0.0781. The van der Waals surface area contributed by atoms with Crippen LogP contribution in [0.4, 0.5) is 0 Å². The maximum atomic E-state index is 11.1. The molecule has 0 saturated carbocycles. The van der Waals surface area contributed by atoms with E-state index in [9.17, 15) is 4.79 Å². The summed E-state index contributed by atoms with van der Waals surface area (Å²) >= 11 is 5.92. The minimum Gasteiger partial charge on any atom is -0.461 e. The molecular formula is C11H9ClO2. The van der Waals surface area contributed by atoms with E-state index in [1.54, 1.807) is 0 Å². The highest BCUT2D eigenvalue weighted by atomic mass is 35.5. The van der Waals surface area contributed by atoms with Crippen molar-refractivity contribution in [2.45, 2.75) is 24.9 Å². The summed E-state index contributed by atoms with van der Waals surface area (Å²) in [5.41, 5.74) is 2.48. The average Bonchev–Trinajstić information content (AvgIpc) is 2.62. The molecule has 2 aliphatic rings. The Balaban J connectivity index is 2.07. The second kappa shape index (κ2) is 2.74. The fourth-order valence-corrected chi connectivity index (χ4v) is 2.60. The van der Waals surface area contributed by atoms with E-state index in [2.05, 4.69) is 0 Å². The number of carbonyl (C=O) groups excluding carboxylic acids is 1. The highest BCUT2D eigenvalue weighted by Gasteiger charge is 2.41. The van der Waals surface area contributed by atoms with Crippen LogP contribution in [0.15, 0.2) is 18.2 Å². The Kier molecular flexibility index (Phi) is 1.62. The summed E-state index contributed by atoms with van der Waals surface area (Å²) in [4.78, 5) is 11.1. The van der Waals surface area contributed by atoms with Gasteiger partial charge in [0.05, 0.1) is 6.42 Å². The summed E-state index contributed by atoms with van der Waals surface area (Å²) in [5, 5.41) is 0.740. The van der Waals surface area contributed by atoms with Crippen LogP contribution in [0.2, 0.25) is 5.02 Å². The van der Waals surface area contributed by atoms with Crippen molar-refractivity contribution in [1.82, 2.24) is 0 Å². The number of esters is 1. The summed E-state index contributed by atoms with van der Waals surface area (Å²) in [6, 6.07) is 5.89. The summed E-state index contributed by atoms with van der Waals surface area (Å²) in [6.45, 7) is 0. The Morgan fingerprint density at radius 2 is 2.21 bits per heavy atom. The zero-order valence-corrected chi connectivity index (χ0v) is 8.25. The molecule has 0 N–H and O–H groups in total. The van der Waals surface area contributed by atoms with Gasteiger partial charge in [-0.2, -0.15) is 0 Å². The molecule has 0 unspecified atom stereocenters. The molecule has 14 heavy (non-hydrogen) atoms. The molecule has 0 bridgehead atoms. The van der Waals surface area contributed by atoms with Gasteiger partial charge in [0.15, 0.2) is 0 Å². The van der Waals surface area contributed by atoms with Crippen LogP contribution in [0, 0.1) is 0 Å². The van der Waals surface area contributed by atoms with Gasteiger partial charge in [-0.15, -0.1) is 0 Å². The van der Waals surface area contributed by atoms with Gasteiger partial charge in [-0.05, 0) is 23.3 Å². The van der Waals surface area contributed by atoms with Crippen molar-refractivity contribution in [3.63, 3.8) is 0 Å². The van der Waals surface area contributed by atoms with E-state index in [1.165, 1.54) is 11.1 Å². The molecule has 1 aliphatic heterocycles. The molecule has 2 atom stereocenters. The van der Waals surface area contributed by atoms with Crippen LogP contribution in [0.25, 0.3) is 0 Å². The Labute approximate surface area is 86.8 Å². The van der Waals surface area contributed by atoms with Crippen molar-refractivity contribution < 1.29 is 9.53 Å². The van der Waals surface area contributed by atoms with Crippen LogP contribution >= 0.6 is 11.6 Å². The first-order valence-corrected chi connectivity index (χ1v) is 5.09. The van der Waals surface area contributed by atoms with Crippen molar-refractivity contribution in [3.05, 3.63) is 34.3 Å². The number of ether oxygens (including phenoxy) is 1. The average molecular weight is 209 g/mol. The Hall–Kier alpha value is -1.02. The van der Waals surface area contributed by atoms with E-state index in [4.69, 9.17) is 16.3 Å². The highest BCUT2D eigenvalue weighted by molar-refractivity contribution is 6.30. The molecule has 0 aromatic heterocycles. The van der Waals surface area contributed by atoms with Crippen LogP contribution < -0.4 is 0 Å². The molecule has 1 aromatic rings. The molecule has 72 valence electrons. The Morgan fingerprint density at radius 1 is 1.36 bits per heavy atom. The fraction of sp³-hybridized carbons (Fsp3) is 0.364. The summed E-state index contributed by atoms with van der Waals surface area (Å²) in [7, 11) is 0. The lowest BCUT2D eigenvalue weighted by Gasteiger charge is -2.06. The standard InChI is InChI=1S/C11H9ClO2/c12-7-2-1-6-3-10-9(8(6)4-7)5-11(13)14-10/h1-2,4,9-10H,3,5H2/t9-,10+/m1/s1. The van der Waals surface area contributed by atoms with Gasteiger partial charge in [-0.25, -0.2) is 0 Å². The van der Waals surface area contributed by atoms with Gasteiger partial charge in [0.1, 0.15) is 6.10 Å². The van der Waals surface area contributed by atoms with E-state index in [-0.39, 0.29) is 18.0 Å². The zero-order chi connectivity index (χ0) is 9.71. The maximum Gasteiger partial charge on any atom is 0.306 e. The van der Waals surface area contributed by atoms with Gasteiger partial charge < -0.3 is 4.74 Å². The summed E-state index contributed by atoms with van der Waals surface area (Å²) < 4.78 is 5.23. The van der Waals surface area contributed by atoms with E-state index in [0.717, 1.165) is 11.4 Å². The summed E-state index contributed by atoms with van der Waals surface area (Å²) in [5.74, 6) is 0.168. The zero-order valence-electron chi connectivity index (χ0n) is 7.50. The molecule has 0 amide bonds. The van der Waals surface area contributed by atoms with Gasteiger partial charge in [-0.3, -0.25) is 4.79 Å². The van der Waals surface area contributed by atoms with Crippen molar-refractivity contribution in [2.24, 2.45) is 0 Å². The summed E-state index contributed by atoms with van der Waals surface area (Å²) in [6.07, 6.45) is 1.43. The molecule has 2 nitrogen and oxygen atoms in total. The molecule has 1 heterocycles. The molecule has 3 rings (SSSR count). The third-order valence-electron chi connectivity index (χ3n) is 3.05. The van der Waals surface area contributed by atoms with Gasteiger partial charge in [-0.1, -0.05) is 17.7 Å². The molecule has 1 aromatic carbocycles. The van der Waals surface area contributed by atoms with Gasteiger partial charge in [0.2, 0.25) is 0 Å². The number of halogens is 1. The molecule has 1 aliphatic carbocycles. The second-order valence-electron chi connectivity index (χ2n) is 3.89. The van der Waals surface area contributed by atoms with Crippen LogP contribution in [-0.4, -0.2) is 12.1 Å². The van der Waals surface area contributed by atoms with Crippen molar-refractivity contribution in [2.75, 3.05) is 0 Å². The number of carbonyl (C=O) groups is 1. The predicted molar refractivity (Wildman–Crippen MR) is 52.4 cm³/mol. The first-order valence-electron chi connectivity index (χ1n) is 4.72. The lowest BCUT2D eigenvalue weighted by molar-refractivity contribution is -0.141. The molecule has 3 heteroatoms. The Morgan fingerprint density at radius 3 is 3.07 bits per heavy atom. The van der Waals surface area contributed by atoms with Crippen LogP contribution in [0.3, 0.4) is 0 Å². The third-order valence-corrected chi connectivity index (χ3v) is 3.28. The molecule has 1 fully saturated rings. The van der Waals surface area contributed by atoms with E-state index >= 15 is 0 Å². The first kappa shape index (κ1) is 8.30. The number of benzene rings is 1. The Bertz CT molecular complexity index is 414. The van der Waals surface area contributed by atoms with E-state index in [1.807, 2.05) is 18.2 Å². The van der Waals surface area contributed by atoms with Crippen LogP contribution in [-0.2, 0) is 16.0 Å². The monoisotopic (exact) mass is 208 g/mol. The topological polar surface area (TPSA) is 26.3 Å². The largest absolute Gasteiger partial charge is 0.461 e. The maximum absolute atomic E-state index is 11.1. The smallest absolute Gasteiger partial charge is 0.306 e. The molecule has 0 spiro atoms. The minimum absolute atomic E-state index is 0.0657. The highest BCUT2D eigenvalue weighted by Crippen LogP contribution is 2.42. The number of hydrogen-bond acceptors (Lipinski definition) is 2. The SMILES string of the molecule is O=C1C[C@@H]2c3cc(Cl)ccc3C[C@@H]2O1. The fourth-order valence-electron chi connectivity index (χ4n) is 2.42. The van der Waals surface area contributed by atoms with Gasteiger partial charge in [0, 0.05) is 17.4 Å². The predicted octanol–water partition coefficient (Wildman–Crippen LogP) is 2.30. The van der Waals surface area contributed by atoms with Crippen molar-refractivity contribution in [1.29, 1.82) is 0 Å². The molecule has 0 radical (unpaired) electrons. The molecular weight excluding hydrogens is 200 g/mol.